The van der Waals surface area contributed by atoms with Crippen LogP contribution in [0.1, 0.15) is 0 Å². The molecule has 0 saturated heterocycles. The molecule has 106 valence electrons. The van der Waals surface area contributed by atoms with Gasteiger partial charge in [0.2, 0.25) is 5.88 Å². The summed E-state index contributed by atoms with van der Waals surface area (Å²) in [7, 11) is 1.36. The lowest BCUT2D eigenvalue weighted by Gasteiger charge is -2.13. The highest BCUT2D eigenvalue weighted by Gasteiger charge is 2.31. The molecule has 0 radical (unpaired) electrons. The van der Waals surface area contributed by atoms with Crippen LogP contribution >= 0.6 is 0 Å². The minimum absolute atomic E-state index is 0.210. The SMILES string of the molecule is COc1cccc(=O)n1-c1cccc(OC(F)(F)F)c1. The van der Waals surface area contributed by atoms with Crippen LogP contribution in [0.2, 0.25) is 0 Å². The fourth-order valence-corrected chi connectivity index (χ4v) is 1.70. The molecule has 0 aliphatic carbocycles. The summed E-state index contributed by atoms with van der Waals surface area (Å²) in [5.41, 5.74) is -0.206. The summed E-state index contributed by atoms with van der Waals surface area (Å²) in [6.07, 6.45) is -4.79. The summed E-state index contributed by atoms with van der Waals surface area (Å²) in [6, 6.07) is 9.39. The van der Waals surface area contributed by atoms with Gasteiger partial charge >= 0.3 is 6.36 Å². The number of hydrogen-bond donors (Lipinski definition) is 0. The molecule has 0 fully saturated rings. The van der Waals surface area contributed by atoms with Gasteiger partial charge in [0.1, 0.15) is 5.75 Å². The van der Waals surface area contributed by atoms with Gasteiger partial charge in [-0.2, -0.15) is 0 Å². The Kier molecular flexibility index (Phi) is 3.69. The van der Waals surface area contributed by atoms with Gasteiger partial charge in [-0.25, -0.2) is 4.57 Å². The van der Waals surface area contributed by atoms with E-state index in [0.29, 0.717) is 0 Å². The van der Waals surface area contributed by atoms with E-state index in [4.69, 9.17) is 4.74 Å². The van der Waals surface area contributed by atoms with Crippen molar-refractivity contribution in [3.63, 3.8) is 0 Å². The van der Waals surface area contributed by atoms with Gasteiger partial charge in [0.15, 0.2) is 0 Å². The summed E-state index contributed by atoms with van der Waals surface area (Å²) in [6.45, 7) is 0. The lowest BCUT2D eigenvalue weighted by molar-refractivity contribution is -0.274. The molecule has 0 saturated carbocycles. The fourth-order valence-electron chi connectivity index (χ4n) is 1.70. The van der Waals surface area contributed by atoms with Crippen molar-refractivity contribution in [1.82, 2.24) is 4.57 Å². The number of halogens is 3. The van der Waals surface area contributed by atoms with Crippen LogP contribution in [-0.2, 0) is 0 Å². The molecular formula is C13H10F3NO3. The van der Waals surface area contributed by atoms with E-state index >= 15 is 0 Å². The topological polar surface area (TPSA) is 40.5 Å². The first kappa shape index (κ1) is 14.0. The van der Waals surface area contributed by atoms with Crippen LogP contribution in [0.25, 0.3) is 5.69 Å². The molecule has 0 aliphatic heterocycles. The van der Waals surface area contributed by atoms with Crippen molar-refractivity contribution in [2.24, 2.45) is 0 Å². The van der Waals surface area contributed by atoms with E-state index in [9.17, 15) is 18.0 Å². The van der Waals surface area contributed by atoms with Gasteiger partial charge in [0.05, 0.1) is 12.8 Å². The zero-order chi connectivity index (χ0) is 14.8. The summed E-state index contributed by atoms with van der Waals surface area (Å²) in [5, 5.41) is 0. The molecule has 1 aromatic carbocycles. The number of hydrogen-bond acceptors (Lipinski definition) is 3. The number of benzene rings is 1. The number of aromatic nitrogens is 1. The fraction of sp³-hybridized carbons (Fsp3) is 0.154. The minimum Gasteiger partial charge on any atom is -0.482 e. The highest BCUT2D eigenvalue weighted by atomic mass is 19.4. The molecule has 1 aromatic heterocycles. The van der Waals surface area contributed by atoms with Crippen molar-refractivity contribution >= 4 is 0 Å². The van der Waals surface area contributed by atoms with E-state index in [0.717, 1.165) is 16.7 Å². The third-order valence-corrected chi connectivity index (χ3v) is 2.44. The maximum absolute atomic E-state index is 12.2. The average molecular weight is 285 g/mol. The van der Waals surface area contributed by atoms with Crippen LogP contribution in [0, 0.1) is 0 Å². The molecule has 1 heterocycles. The summed E-state index contributed by atoms with van der Waals surface area (Å²) < 4.78 is 46.5. The first-order valence-corrected chi connectivity index (χ1v) is 5.53. The lowest BCUT2D eigenvalue weighted by Crippen LogP contribution is -2.19. The van der Waals surface area contributed by atoms with E-state index in [1.165, 1.54) is 37.4 Å². The van der Waals surface area contributed by atoms with Crippen LogP contribution < -0.4 is 15.0 Å². The normalized spacial score (nSPS) is 11.2. The van der Waals surface area contributed by atoms with Crippen LogP contribution in [0.15, 0.2) is 47.3 Å². The third-order valence-electron chi connectivity index (χ3n) is 2.44. The van der Waals surface area contributed by atoms with Gasteiger partial charge in [0, 0.05) is 12.1 Å². The molecule has 7 heteroatoms. The second-order valence-corrected chi connectivity index (χ2v) is 3.79. The quantitative estimate of drug-likeness (QED) is 0.870. The Hall–Kier alpha value is -2.44. The maximum atomic E-state index is 12.2. The van der Waals surface area contributed by atoms with E-state index in [1.807, 2.05) is 0 Å². The molecule has 0 aliphatic rings. The van der Waals surface area contributed by atoms with E-state index in [2.05, 4.69) is 4.74 Å². The van der Waals surface area contributed by atoms with Gasteiger partial charge in [-0.3, -0.25) is 4.79 Å². The van der Waals surface area contributed by atoms with Gasteiger partial charge in [-0.05, 0) is 18.2 Å². The second kappa shape index (κ2) is 5.28. The number of rotatable bonds is 3. The van der Waals surface area contributed by atoms with Crippen molar-refractivity contribution in [1.29, 1.82) is 0 Å². The van der Waals surface area contributed by atoms with Crippen molar-refractivity contribution < 1.29 is 22.6 Å². The zero-order valence-electron chi connectivity index (χ0n) is 10.3. The van der Waals surface area contributed by atoms with E-state index in [-0.39, 0.29) is 11.6 Å². The molecule has 0 atom stereocenters. The highest BCUT2D eigenvalue weighted by Crippen LogP contribution is 2.25. The monoisotopic (exact) mass is 285 g/mol. The van der Waals surface area contributed by atoms with Crippen molar-refractivity contribution in [3.05, 3.63) is 52.8 Å². The van der Waals surface area contributed by atoms with Crippen LogP contribution in [0.3, 0.4) is 0 Å². The summed E-state index contributed by atoms with van der Waals surface area (Å²) >= 11 is 0. The van der Waals surface area contributed by atoms with Gasteiger partial charge in [-0.15, -0.1) is 13.2 Å². The first-order chi connectivity index (χ1) is 9.40. The number of nitrogens with zero attached hydrogens (tertiary/aromatic N) is 1. The zero-order valence-corrected chi connectivity index (χ0v) is 10.3. The molecule has 0 unspecified atom stereocenters. The van der Waals surface area contributed by atoms with E-state index < -0.39 is 17.7 Å². The number of alkyl halides is 3. The molecule has 20 heavy (non-hydrogen) atoms. The van der Waals surface area contributed by atoms with Crippen LogP contribution in [0.5, 0.6) is 11.6 Å². The smallest absolute Gasteiger partial charge is 0.482 e. The Bertz CT molecular complexity index is 664. The molecule has 2 aromatic rings. The Morgan fingerprint density at radius 2 is 1.80 bits per heavy atom. The Labute approximate surface area is 112 Å². The Morgan fingerprint density at radius 3 is 2.45 bits per heavy atom. The van der Waals surface area contributed by atoms with Crippen LogP contribution in [-0.4, -0.2) is 18.0 Å². The standard InChI is InChI=1S/C13H10F3NO3/c1-19-12-7-3-6-11(18)17(12)9-4-2-5-10(8-9)20-13(14,15)16/h2-8H,1H3. The average Bonchev–Trinajstić information content (AvgIpc) is 2.36. The number of methoxy groups -OCH3 is 1. The maximum Gasteiger partial charge on any atom is 0.573 e. The Morgan fingerprint density at radius 1 is 1.10 bits per heavy atom. The third kappa shape index (κ3) is 3.11. The van der Waals surface area contributed by atoms with Gasteiger partial charge in [-0.1, -0.05) is 12.1 Å². The Balaban J connectivity index is 2.49. The molecular weight excluding hydrogens is 275 g/mol. The molecule has 0 amide bonds. The molecule has 4 nitrogen and oxygen atoms in total. The predicted molar refractivity (Wildman–Crippen MR) is 65.3 cm³/mol. The first-order valence-electron chi connectivity index (χ1n) is 5.53. The minimum atomic E-state index is -4.79. The lowest BCUT2D eigenvalue weighted by atomic mass is 10.3. The number of pyridine rings is 1. The summed E-state index contributed by atoms with van der Waals surface area (Å²) in [4.78, 5) is 11.8. The molecule has 0 N–H and O–H groups in total. The molecule has 0 bridgehead atoms. The van der Waals surface area contributed by atoms with Gasteiger partial charge in [0.25, 0.3) is 5.56 Å². The molecule has 2 rings (SSSR count). The van der Waals surface area contributed by atoms with Crippen molar-refractivity contribution in [3.8, 4) is 17.3 Å². The predicted octanol–water partition coefficient (Wildman–Crippen LogP) is 2.74. The van der Waals surface area contributed by atoms with E-state index in [1.54, 1.807) is 0 Å². The largest absolute Gasteiger partial charge is 0.573 e. The van der Waals surface area contributed by atoms with Crippen molar-refractivity contribution in [2.75, 3.05) is 7.11 Å². The van der Waals surface area contributed by atoms with Crippen LogP contribution in [0.4, 0.5) is 13.2 Å². The van der Waals surface area contributed by atoms with Crippen molar-refractivity contribution in [2.45, 2.75) is 6.36 Å². The number of ether oxygens (including phenoxy) is 2. The highest BCUT2D eigenvalue weighted by molar-refractivity contribution is 5.42. The molecule has 0 spiro atoms. The van der Waals surface area contributed by atoms with Gasteiger partial charge < -0.3 is 9.47 Å². The summed E-state index contributed by atoms with van der Waals surface area (Å²) in [5.74, 6) is -0.200. The second-order valence-electron chi connectivity index (χ2n) is 3.79.